The summed E-state index contributed by atoms with van der Waals surface area (Å²) in [6.07, 6.45) is -3.31. The second-order valence-electron chi connectivity index (χ2n) is 7.34. The standard InChI is InChI=1S/C21H18F3N5O3S/c1-10(2)29-9-15(32-28-29)27-19(30)18-17(25)16-13(21(22,23)24)8-14(26-20(16)33-18)11-4-6-12(31-3)7-5-11/h4-10H,1-3H3,(H2-,25,27,28,30). The average Bonchev–Trinajstić information content (AvgIpc) is 3.37. The van der Waals surface area contributed by atoms with Crippen molar-refractivity contribution in [1.82, 2.24) is 10.3 Å². The van der Waals surface area contributed by atoms with E-state index in [-0.39, 0.29) is 38.4 Å². The molecule has 0 saturated heterocycles. The molecule has 4 rings (SSSR count). The predicted molar refractivity (Wildman–Crippen MR) is 114 cm³/mol. The second kappa shape index (κ2) is 8.35. The van der Waals surface area contributed by atoms with Crippen LogP contribution in [0.2, 0.25) is 0 Å². The molecule has 4 aromatic rings. The molecule has 0 unspecified atom stereocenters. The molecule has 0 aliphatic heterocycles. The van der Waals surface area contributed by atoms with Gasteiger partial charge in [0, 0.05) is 16.8 Å². The molecule has 0 fully saturated rings. The first-order valence-electron chi connectivity index (χ1n) is 9.67. The highest BCUT2D eigenvalue weighted by atomic mass is 32.1. The van der Waals surface area contributed by atoms with Gasteiger partial charge in [-0.1, -0.05) is 0 Å². The number of aliphatic imine (C=N–C) groups is 1. The summed E-state index contributed by atoms with van der Waals surface area (Å²) in [5.41, 5.74) is 5.22. The Morgan fingerprint density at radius 2 is 1.97 bits per heavy atom. The zero-order chi connectivity index (χ0) is 23.9. The van der Waals surface area contributed by atoms with Gasteiger partial charge in [-0.15, -0.1) is 11.3 Å². The van der Waals surface area contributed by atoms with Gasteiger partial charge in [-0.2, -0.15) is 13.2 Å². The summed E-state index contributed by atoms with van der Waals surface area (Å²) in [5.74, 6) is -0.382. The van der Waals surface area contributed by atoms with E-state index in [0.29, 0.717) is 11.3 Å². The molecule has 172 valence electrons. The first-order chi connectivity index (χ1) is 15.6. The molecule has 0 bridgehead atoms. The van der Waals surface area contributed by atoms with Gasteiger partial charge in [-0.05, 0) is 48.9 Å². The maximum atomic E-state index is 13.9. The molecule has 0 amide bonds. The number of nitrogens with two attached hydrogens (primary N) is 1. The van der Waals surface area contributed by atoms with Crippen molar-refractivity contribution in [3.05, 3.63) is 47.0 Å². The summed E-state index contributed by atoms with van der Waals surface area (Å²) in [5, 5.41) is 16.1. The Morgan fingerprint density at radius 3 is 2.55 bits per heavy atom. The van der Waals surface area contributed by atoms with Crippen molar-refractivity contribution in [1.29, 1.82) is 0 Å². The van der Waals surface area contributed by atoms with Crippen molar-refractivity contribution >= 4 is 39.0 Å². The van der Waals surface area contributed by atoms with Crippen LogP contribution < -0.4 is 20.3 Å². The molecular formula is C21H18F3N5O3S. The fourth-order valence-corrected chi connectivity index (χ4v) is 4.11. The summed E-state index contributed by atoms with van der Waals surface area (Å²) >= 11 is 0.738. The third-order valence-electron chi connectivity index (χ3n) is 4.80. The van der Waals surface area contributed by atoms with Gasteiger partial charge in [-0.3, -0.25) is 4.52 Å². The molecule has 3 heterocycles. The number of aromatic nitrogens is 3. The Labute approximate surface area is 189 Å². The largest absolute Gasteiger partial charge is 0.857 e. The van der Waals surface area contributed by atoms with E-state index < -0.39 is 17.6 Å². The summed E-state index contributed by atoms with van der Waals surface area (Å²) in [6, 6.07) is 7.31. The maximum Gasteiger partial charge on any atom is 0.417 e. The lowest BCUT2D eigenvalue weighted by molar-refractivity contribution is -0.779. The van der Waals surface area contributed by atoms with E-state index in [1.807, 2.05) is 13.8 Å². The number of pyridine rings is 1. The van der Waals surface area contributed by atoms with Crippen molar-refractivity contribution in [2.45, 2.75) is 26.1 Å². The number of benzene rings is 1. The Hall–Kier alpha value is -3.67. The van der Waals surface area contributed by atoms with Gasteiger partial charge in [0.2, 0.25) is 5.27 Å². The molecule has 3 aromatic heterocycles. The third kappa shape index (κ3) is 4.33. The molecule has 33 heavy (non-hydrogen) atoms. The number of nitrogen functional groups attached to an aromatic ring is 1. The fraction of sp³-hybridized carbons (Fsp3) is 0.238. The second-order valence-corrected chi connectivity index (χ2v) is 8.34. The van der Waals surface area contributed by atoms with Crippen molar-refractivity contribution < 1.29 is 32.2 Å². The van der Waals surface area contributed by atoms with Gasteiger partial charge in [0.05, 0.1) is 28.9 Å². The van der Waals surface area contributed by atoms with Crippen LogP contribution in [0.4, 0.5) is 24.7 Å². The van der Waals surface area contributed by atoms with Crippen molar-refractivity contribution in [3.63, 3.8) is 0 Å². The Bertz CT molecular complexity index is 1340. The molecular weight excluding hydrogens is 459 g/mol. The van der Waals surface area contributed by atoms with E-state index in [0.717, 1.165) is 17.4 Å². The van der Waals surface area contributed by atoms with Gasteiger partial charge >= 0.3 is 12.1 Å². The van der Waals surface area contributed by atoms with E-state index in [1.165, 1.54) is 18.0 Å². The molecule has 0 spiro atoms. The van der Waals surface area contributed by atoms with Crippen molar-refractivity contribution in [2.75, 3.05) is 12.8 Å². The molecule has 0 atom stereocenters. The topological polar surface area (TPSA) is 113 Å². The average molecular weight is 477 g/mol. The van der Waals surface area contributed by atoms with Crippen LogP contribution in [0.5, 0.6) is 5.75 Å². The highest BCUT2D eigenvalue weighted by Crippen LogP contribution is 2.43. The summed E-state index contributed by atoms with van der Waals surface area (Å²) in [7, 11) is 1.49. The minimum absolute atomic E-state index is 0.0264. The van der Waals surface area contributed by atoms with Gasteiger partial charge < -0.3 is 15.6 Å². The maximum absolute atomic E-state index is 13.9. The highest BCUT2D eigenvalue weighted by molar-refractivity contribution is 7.21. The predicted octanol–water partition coefficient (Wildman–Crippen LogP) is 3.87. The van der Waals surface area contributed by atoms with Gasteiger partial charge in [0.15, 0.2) is 6.04 Å². The number of nitrogens with zero attached hydrogens (tertiary/aromatic N) is 4. The minimum Gasteiger partial charge on any atom is -0.857 e. The molecule has 8 nitrogen and oxygen atoms in total. The van der Waals surface area contributed by atoms with Gasteiger partial charge in [0.25, 0.3) is 6.20 Å². The lowest BCUT2D eigenvalue weighted by atomic mass is 10.1. The van der Waals surface area contributed by atoms with E-state index in [2.05, 4.69) is 15.2 Å². The normalized spacial score (nSPS) is 12.6. The van der Waals surface area contributed by atoms with Gasteiger partial charge in [-0.25, -0.2) is 9.98 Å². The Morgan fingerprint density at radius 1 is 1.27 bits per heavy atom. The van der Waals surface area contributed by atoms with Crippen LogP contribution in [0.3, 0.4) is 0 Å². The number of alkyl halides is 3. The van der Waals surface area contributed by atoms with E-state index in [9.17, 15) is 18.3 Å². The SMILES string of the molecule is COc1ccc(-c2cc(C(F)(F)F)c3c(N)c(/C([O-])=N/c4c[n+](C(C)C)no4)sc3n2)cc1. The van der Waals surface area contributed by atoms with Crippen LogP contribution in [0.25, 0.3) is 21.5 Å². The van der Waals surface area contributed by atoms with Crippen molar-refractivity contribution in [2.24, 2.45) is 4.99 Å². The summed E-state index contributed by atoms with van der Waals surface area (Å²) in [4.78, 5) is 7.94. The van der Waals surface area contributed by atoms with E-state index >= 15 is 0 Å². The molecule has 0 aliphatic carbocycles. The van der Waals surface area contributed by atoms with Crippen LogP contribution in [0, 0.1) is 0 Å². The van der Waals surface area contributed by atoms with E-state index in [1.54, 1.807) is 24.3 Å². The fourth-order valence-electron chi connectivity index (χ4n) is 3.11. The van der Waals surface area contributed by atoms with Crippen LogP contribution in [-0.2, 0) is 6.18 Å². The number of anilines is 1. The number of hydrogen-bond acceptors (Lipinski definition) is 8. The Kier molecular flexibility index (Phi) is 5.70. The van der Waals surface area contributed by atoms with Crippen LogP contribution >= 0.6 is 11.3 Å². The molecule has 0 radical (unpaired) electrons. The molecule has 12 heteroatoms. The Balaban J connectivity index is 1.85. The third-order valence-corrected chi connectivity index (χ3v) is 5.88. The monoisotopic (exact) mass is 477 g/mol. The van der Waals surface area contributed by atoms with Gasteiger partial charge in [0.1, 0.15) is 10.6 Å². The van der Waals surface area contributed by atoms with Crippen LogP contribution in [0.1, 0.15) is 30.3 Å². The number of hydrogen-bond donors (Lipinski definition) is 1. The number of fused-ring (bicyclic) bond motifs is 1. The number of thiophene rings is 1. The quantitative estimate of drug-likeness (QED) is 0.265. The lowest BCUT2D eigenvalue weighted by Crippen LogP contribution is -2.36. The number of rotatable bonds is 5. The molecule has 1 aromatic carbocycles. The zero-order valence-corrected chi connectivity index (χ0v) is 18.5. The van der Waals surface area contributed by atoms with E-state index in [4.69, 9.17) is 15.0 Å². The zero-order valence-electron chi connectivity index (χ0n) is 17.7. The van der Waals surface area contributed by atoms with Crippen LogP contribution in [-0.4, -0.2) is 23.3 Å². The molecule has 2 N–H and O–H groups in total. The van der Waals surface area contributed by atoms with Crippen molar-refractivity contribution in [3.8, 4) is 17.0 Å². The highest BCUT2D eigenvalue weighted by Gasteiger charge is 2.35. The summed E-state index contributed by atoms with van der Waals surface area (Å²) < 4.78 is 53.3. The number of ether oxygens (including phenoxy) is 1. The van der Waals surface area contributed by atoms with Crippen LogP contribution in [0.15, 0.2) is 46.0 Å². The minimum atomic E-state index is -4.72. The first-order valence-corrected chi connectivity index (χ1v) is 10.5. The molecule has 0 saturated carbocycles. The lowest BCUT2D eigenvalue weighted by Gasteiger charge is -2.12. The molecule has 0 aliphatic rings. The summed E-state index contributed by atoms with van der Waals surface area (Å²) in [6.45, 7) is 3.70. The number of halogens is 3. The number of methoxy groups -OCH3 is 1. The smallest absolute Gasteiger partial charge is 0.417 e. The first kappa shape index (κ1) is 22.5.